The lowest BCUT2D eigenvalue weighted by molar-refractivity contribution is 0.279. The summed E-state index contributed by atoms with van der Waals surface area (Å²) in [5.74, 6) is -0.895. The molecule has 90 valence electrons. The van der Waals surface area contributed by atoms with Gasteiger partial charge in [0.25, 0.3) is 0 Å². The molecule has 0 aliphatic rings. The monoisotopic (exact) mass is 247 g/mol. The lowest BCUT2D eigenvalue weighted by atomic mass is 10.3. The minimum absolute atomic E-state index is 0.0825. The summed E-state index contributed by atoms with van der Waals surface area (Å²) in [6.07, 6.45) is 0.203. The lowest BCUT2D eigenvalue weighted by Gasteiger charge is -2.10. The second kappa shape index (κ2) is 5.38. The van der Waals surface area contributed by atoms with E-state index in [9.17, 15) is 12.8 Å². The SMILES string of the molecule is NC(CCO)CS(=O)(=O)c1cccc(F)c1. The fourth-order valence-corrected chi connectivity index (χ4v) is 2.79. The second-order valence-electron chi connectivity index (χ2n) is 3.51. The maximum absolute atomic E-state index is 12.8. The van der Waals surface area contributed by atoms with Crippen molar-refractivity contribution in [2.75, 3.05) is 12.4 Å². The van der Waals surface area contributed by atoms with Crippen LogP contribution >= 0.6 is 0 Å². The van der Waals surface area contributed by atoms with E-state index >= 15 is 0 Å². The Bertz CT molecular complexity index is 447. The minimum Gasteiger partial charge on any atom is -0.396 e. The first-order chi connectivity index (χ1) is 7.45. The van der Waals surface area contributed by atoms with E-state index in [0.29, 0.717) is 0 Å². The summed E-state index contributed by atoms with van der Waals surface area (Å²) < 4.78 is 36.3. The molecular weight excluding hydrogens is 233 g/mol. The van der Waals surface area contributed by atoms with Crippen molar-refractivity contribution in [2.24, 2.45) is 5.73 Å². The van der Waals surface area contributed by atoms with Crippen LogP contribution in [0.2, 0.25) is 0 Å². The maximum Gasteiger partial charge on any atom is 0.179 e. The first-order valence-electron chi connectivity index (χ1n) is 4.80. The highest BCUT2D eigenvalue weighted by Crippen LogP contribution is 2.13. The first-order valence-corrected chi connectivity index (χ1v) is 6.45. The number of hydrogen-bond donors (Lipinski definition) is 2. The van der Waals surface area contributed by atoms with Gasteiger partial charge in [-0.2, -0.15) is 0 Å². The summed E-state index contributed by atoms with van der Waals surface area (Å²) in [6, 6.07) is 4.15. The average Bonchev–Trinajstić information content (AvgIpc) is 2.17. The number of aliphatic hydroxyl groups is 1. The highest BCUT2D eigenvalue weighted by molar-refractivity contribution is 7.91. The van der Waals surface area contributed by atoms with Gasteiger partial charge in [0.2, 0.25) is 0 Å². The van der Waals surface area contributed by atoms with Gasteiger partial charge in [0.05, 0.1) is 10.6 Å². The molecule has 6 heteroatoms. The molecule has 0 heterocycles. The molecule has 0 aromatic heterocycles. The number of aliphatic hydroxyl groups excluding tert-OH is 1. The molecule has 0 saturated heterocycles. The molecule has 1 unspecified atom stereocenters. The predicted molar refractivity (Wildman–Crippen MR) is 58.1 cm³/mol. The number of hydrogen-bond acceptors (Lipinski definition) is 4. The molecule has 1 atom stereocenters. The third kappa shape index (κ3) is 3.55. The Morgan fingerprint density at radius 3 is 2.69 bits per heavy atom. The molecule has 0 spiro atoms. The fourth-order valence-electron chi connectivity index (χ4n) is 1.29. The van der Waals surface area contributed by atoms with Crippen LogP contribution in [-0.2, 0) is 9.84 Å². The van der Waals surface area contributed by atoms with Crippen LogP contribution < -0.4 is 5.73 Å². The number of sulfone groups is 1. The Morgan fingerprint density at radius 1 is 1.44 bits per heavy atom. The van der Waals surface area contributed by atoms with Crippen molar-refractivity contribution >= 4 is 9.84 Å². The molecule has 0 aliphatic carbocycles. The number of benzene rings is 1. The van der Waals surface area contributed by atoms with Gasteiger partial charge in [-0.3, -0.25) is 0 Å². The first kappa shape index (κ1) is 13.1. The van der Waals surface area contributed by atoms with Gasteiger partial charge >= 0.3 is 0 Å². The highest BCUT2D eigenvalue weighted by Gasteiger charge is 2.18. The van der Waals surface area contributed by atoms with Crippen LogP contribution in [0.4, 0.5) is 4.39 Å². The number of nitrogens with two attached hydrogens (primary N) is 1. The van der Waals surface area contributed by atoms with E-state index in [1.165, 1.54) is 18.2 Å². The van der Waals surface area contributed by atoms with Gasteiger partial charge in [0.15, 0.2) is 9.84 Å². The van der Waals surface area contributed by atoms with Crippen molar-refractivity contribution in [1.29, 1.82) is 0 Å². The molecule has 0 radical (unpaired) electrons. The summed E-state index contributed by atoms with van der Waals surface area (Å²) in [4.78, 5) is -0.0825. The van der Waals surface area contributed by atoms with Gasteiger partial charge in [-0.15, -0.1) is 0 Å². The molecule has 0 amide bonds. The van der Waals surface area contributed by atoms with Crippen molar-refractivity contribution in [3.8, 4) is 0 Å². The third-order valence-electron chi connectivity index (χ3n) is 2.09. The summed E-state index contributed by atoms with van der Waals surface area (Å²) in [7, 11) is -3.58. The molecule has 3 N–H and O–H groups in total. The molecule has 0 aliphatic heterocycles. The minimum atomic E-state index is -3.58. The normalized spacial score (nSPS) is 13.7. The second-order valence-corrected chi connectivity index (χ2v) is 5.55. The summed E-state index contributed by atoms with van der Waals surface area (Å²) >= 11 is 0. The van der Waals surface area contributed by atoms with Crippen LogP contribution in [0.25, 0.3) is 0 Å². The zero-order chi connectivity index (χ0) is 12.2. The van der Waals surface area contributed by atoms with E-state index in [2.05, 4.69) is 0 Å². The van der Waals surface area contributed by atoms with Crippen LogP contribution in [0, 0.1) is 5.82 Å². The predicted octanol–water partition coefficient (Wildman–Crippen LogP) is 0.309. The Hall–Kier alpha value is -0.980. The Labute approximate surface area is 93.8 Å². The van der Waals surface area contributed by atoms with Crippen molar-refractivity contribution < 1.29 is 17.9 Å². The molecule has 1 aromatic carbocycles. The van der Waals surface area contributed by atoms with Crippen LogP contribution in [0.15, 0.2) is 29.2 Å². The van der Waals surface area contributed by atoms with Gasteiger partial charge in [0, 0.05) is 12.6 Å². The van der Waals surface area contributed by atoms with Gasteiger partial charge in [0.1, 0.15) is 5.82 Å². The fraction of sp³-hybridized carbons (Fsp3) is 0.400. The van der Waals surface area contributed by atoms with Crippen LogP contribution in [0.1, 0.15) is 6.42 Å². The molecule has 0 saturated carbocycles. The third-order valence-corrected chi connectivity index (χ3v) is 3.93. The number of halogens is 1. The smallest absolute Gasteiger partial charge is 0.179 e. The molecule has 4 nitrogen and oxygen atoms in total. The topological polar surface area (TPSA) is 80.4 Å². The molecule has 16 heavy (non-hydrogen) atoms. The van der Waals surface area contributed by atoms with Crippen LogP contribution in [0.5, 0.6) is 0 Å². The molecule has 0 fully saturated rings. The van der Waals surface area contributed by atoms with Crippen molar-refractivity contribution in [3.05, 3.63) is 30.1 Å². The van der Waals surface area contributed by atoms with E-state index in [4.69, 9.17) is 10.8 Å². The van der Waals surface area contributed by atoms with E-state index < -0.39 is 21.7 Å². The Kier molecular flexibility index (Phi) is 4.40. The zero-order valence-electron chi connectivity index (χ0n) is 8.64. The molecule has 0 bridgehead atoms. The van der Waals surface area contributed by atoms with Gasteiger partial charge in [-0.1, -0.05) is 6.07 Å². The Morgan fingerprint density at radius 2 is 2.12 bits per heavy atom. The summed E-state index contributed by atoms with van der Waals surface area (Å²) in [5.41, 5.74) is 5.51. The van der Waals surface area contributed by atoms with Gasteiger partial charge < -0.3 is 10.8 Å². The average molecular weight is 247 g/mol. The zero-order valence-corrected chi connectivity index (χ0v) is 9.45. The molecule has 1 rings (SSSR count). The summed E-state index contributed by atoms with van der Waals surface area (Å²) in [6.45, 7) is -0.167. The van der Waals surface area contributed by atoms with Gasteiger partial charge in [-0.25, -0.2) is 12.8 Å². The van der Waals surface area contributed by atoms with Crippen LogP contribution in [0.3, 0.4) is 0 Å². The van der Waals surface area contributed by atoms with Crippen molar-refractivity contribution in [3.63, 3.8) is 0 Å². The maximum atomic E-state index is 12.8. The Balaban J connectivity index is 2.86. The van der Waals surface area contributed by atoms with Crippen molar-refractivity contribution in [1.82, 2.24) is 0 Å². The summed E-state index contributed by atoms with van der Waals surface area (Å²) in [5, 5.41) is 8.61. The van der Waals surface area contributed by atoms with Crippen molar-refractivity contribution in [2.45, 2.75) is 17.4 Å². The van der Waals surface area contributed by atoms with E-state index in [1.807, 2.05) is 0 Å². The van der Waals surface area contributed by atoms with E-state index in [-0.39, 0.29) is 23.7 Å². The van der Waals surface area contributed by atoms with Gasteiger partial charge in [-0.05, 0) is 24.6 Å². The number of rotatable bonds is 5. The standard InChI is InChI=1S/C10H14FNO3S/c11-8-2-1-3-10(6-8)16(14,15)7-9(12)4-5-13/h1-3,6,9,13H,4-5,7,12H2. The van der Waals surface area contributed by atoms with E-state index in [0.717, 1.165) is 6.07 Å². The molecule has 1 aromatic rings. The van der Waals surface area contributed by atoms with Crippen LogP contribution in [-0.4, -0.2) is 31.9 Å². The molecular formula is C10H14FNO3S. The quantitative estimate of drug-likeness (QED) is 0.784. The largest absolute Gasteiger partial charge is 0.396 e. The highest BCUT2D eigenvalue weighted by atomic mass is 32.2. The van der Waals surface area contributed by atoms with E-state index in [1.54, 1.807) is 0 Å². The lowest BCUT2D eigenvalue weighted by Crippen LogP contribution is -2.30.